The maximum atomic E-state index is 11.8. The van der Waals surface area contributed by atoms with E-state index in [1.165, 1.54) is 16.8 Å². The van der Waals surface area contributed by atoms with Gasteiger partial charge in [0, 0.05) is 63.6 Å². The molecule has 4 heteroatoms. The fraction of sp³-hybridized carbons (Fsp3) is 0.450. The summed E-state index contributed by atoms with van der Waals surface area (Å²) in [6.07, 6.45) is 7.13. The molecule has 2 aliphatic rings. The van der Waals surface area contributed by atoms with Gasteiger partial charge in [-0.1, -0.05) is 18.2 Å². The molecule has 0 aliphatic carbocycles. The summed E-state index contributed by atoms with van der Waals surface area (Å²) in [5.74, 6) is 0.862. The van der Waals surface area contributed by atoms with Crippen LogP contribution in [0.5, 0.6) is 0 Å². The number of carbonyl (C=O) groups is 1. The summed E-state index contributed by atoms with van der Waals surface area (Å²) in [5.41, 5.74) is 4.15. The number of aryl methyl sites for hydroxylation is 1. The highest BCUT2D eigenvalue weighted by Gasteiger charge is 2.29. The number of fused-ring (bicyclic) bond motifs is 1. The lowest BCUT2D eigenvalue weighted by Gasteiger charge is -2.21. The number of hydrogen-bond acceptors (Lipinski definition) is 2. The van der Waals surface area contributed by atoms with E-state index in [1.54, 1.807) is 0 Å². The van der Waals surface area contributed by atoms with Crippen LogP contribution in [0, 0.1) is 0 Å². The topological polar surface area (TPSA) is 28.5 Å². The molecule has 0 N–H and O–H groups in total. The minimum absolute atomic E-state index is 0.336. The normalized spacial score (nSPS) is 20.0. The number of rotatable bonds is 5. The number of benzene rings is 1. The van der Waals surface area contributed by atoms with Crippen molar-refractivity contribution in [3.05, 3.63) is 53.9 Å². The van der Waals surface area contributed by atoms with E-state index in [9.17, 15) is 4.79 Å². The Kier molecular flexibility index (Phi) is 4.05. The number of carbonyl (C=O) groups excluding carboxylic acids is 1. The molecule has 0 spiro atoms. The lowest BCUT2D eigenvalue weighted by Crippen LogP contribution is -2.28. The van der Waals surface area contributed by atoms with Gasteiger partial charge in [0.1, 0.15) is 0 Å². The molecule has 0 bridgehead atoms. The number of amides is 1. The van der Waals surface area contributed by atoms with E-state index in [0.717, 1.165) is 45.4 Å². The Labute approximate surface area is 143 Å². The van der Waals surface area contributed by atoms with E-state index < -0.39 is 0 Å². The first kappa shape index (κ1) is 15.3. The maximum absolute atomic E-state index is 11.8. The standard InChI is InChI=1S/C20H25N3O/c1-21-11-8-16(13-21)14-23-15-17(18-5-2-3-6-19(18)23)9-12-22-10-4-7-20(22)24/h2-3,5-6,8,11,13,17H,4,7,9-10,12,14-15H2,1H3/t17-/m1/s1. The summed E-state index contributed by atoms with van der Waals surface area (Å²) in [6, 6.07) is 11.0. The first-order valence-corrected chi connectivity index (χ1v) is 8.93. The van der Waals surface area contributed by atoms with Crippen molar-refractivity contribution in [3.63, 3.8) is 0 Å². The van der Waals surface area contributed by atoms with Crippen molar-refractivity contribution in [2.24, 2.45) is 7.05 Å². The highest BCUT2D eigenvalue weighted by molar-refractivity contribution is 5.78. The summed E-state index contributed by atoms with van der Waals surface area (Å²) in [6.45, 7) is 3.85. The zero-order valence-corrected chi connectivity index (χ0v) is 14.3. The third-order valence-corrected chi connectivity index (χ3v) is 5.34. The molecule has 0 unspecified atom stereocenters. The van der Waals surface area contributed by atoms with Crippen LogP contribution in [0.2, 0.25) is 0 Å². The second kappa shape index (κ2) is 6.34. The zero-order chi connectivity index (χ0) is 16.5. The number of anilines is 1. The summed E-state index contributed by atoms with van der Waals surface area (Å²) in [4.78, 5) is 16.4. The van der Waals surface area contributed by atoms with Gasteiger partial charge >= 0.3 is 0 Å². The molecule has 1 amide bonds. The molecule has 1 fully saturated rings. The third kappa shape index (κ3) is 2.93. The Morgan fingerprint density at radius 3 is 2.79 bits per heavy atom. The number of aromatic nitrogens is 1. The summed E-state index contributed by atoms with van der Waals surface area (Å²) in [5, 5.41) is 0. The molecule has 126 valence electrons. The van der Waals surface area contributed by atoms with E-state index in [4.69, 9.17) is 0 Å². The van der Waals surface area contributed by atoms with Gasteiger partial charge < -0.3 is 14.4 Å². The average molecular weight is 323 g/mol. The molecule has 24 heavy (non-hydrogen) atoms. The lowest BCUT2D eigenvalue weighted by atomic mass is 9.98. The number of likely N-dealkylation sites (tertiary alicyclic amines) is 1. The molecular formula is C20H25N3O. The lowest BCUT2D eigenvalue weighted by molar-refractivity contribution is -0.127. The Morgan fingerprint density at radius 1 is 1.17 bits per heavy atom. The number of para-hydroxylation sites is 1. The maximum Gasteiger partial charge on any atom is 0.222 e. The van der Waals surface area contributed by atoms with Gasteiger partial charge in [-0.05, 0) is 36.1 Å². The average Bonchev–Trinajstić information content (AvgIpc) is 3.27. The molecule has 2 aromatic rings. The van der Waals surface area contributed by atoms with Crippen molar-refractivity contribution in [1.82, 2.24) is 9.47 Å². The minimum Gasteiger partial charge on any atom is -0.366 e. The molecule has 4 rings (SSSR count). The zero-order valence-electron chi connectivity index (χ0n) is 14.3. The Bertz CT molecular complexity index is 736. The van der Waals surface area contributed by atoms with E-state index in [2.05, 4.69) is 59.2 Å². The molecule has 0 radical (unpaired) electrons. The van der Waals surface area contributed by atoms with Crippen LogP contribution in [-0.4, -0.2) is 35.0 Å². The van der Waals surface area contributed by atoms with Crippen LogP contribution in [-0.2, 0) is 18.4 Å². The Morgan fingerprint density at radius 2 is 2.04 bits per heavy atom. The van der Waals surface area contributed by atoms with Crippen LogP contribution in [0.15, 0.2) is 42.7 Å². The first-order valence-electron chi connectivity index (χ1n) is 8.93. The van der Waals surface area contributed by atoms with Crippen molar-refractivity contribution in [3.8, 4) is 0 Å². The molecule has 1 saturated heterocycles. The van der Waals surface area contributed by atoms with Gasteiger partial charge in [0.2, 0.25) is 5.91 Å². The van der Waals surface area contributed by atoms with E-state index in [1.807, 2.05) is 4.90 Å². The first-order chi connectivity index (χ1) is 11.7. The highest BCUT2D eigenvalue weighted by atomic mass is 16.2. The van der Waals surface area contributed by atoms with E-state index >= 15 is 0 Å². The molecule has 1 aromatic carbocycles. The molecule has 2 aliphatic heterocycles. The van der Waals surface area contributed by atoms with Gasteiger partial charge in [0.05, 0.1) is 0 Å². The second-order valence-electron chi connectivity index (χ2n) is 7.09. The number of hydrogen-bond donors (Lipinski definition) is 0. The van der Waals surface area contributed by atoms with Crippen molar-refractivity contribution >= 4 is 11.6 Å². The second-order valence-corrected chi connectivity index (χ2v) is 7.09. The predicted octanol–water partition coefficient (Wildman–Crippen LogP) is 3.14. The van der Waals surface area contributed by atoms with E-state index in [0.29, 0.717) is 11.8 Å². The fourth-order valence-corrected chi connectivity index (χ4v) is 4.11. The van der Waals surface area contributed by atoms with Gasteiger partial charge in [-0.2, -0.15) is 0 Å². The van der Waals surface area contributed by atoms with Crippen LogP contribution in [0.4, 0.5) is 5.69 Å². The Balaban J connectivity index is 1.47. The predicted molar refractivity (Wildman–Crippen MR) is 96.1 cm³/mol. The monoisotopic (exact) mass is 323 g/mol. The Hall–Kier alpha value is -2.23. The van der Waals surface area contributed by atoms with Gasteiger partial charge in [0.25, 0.3) is 0 Å². The van der Waals surface area contributed by atoms with Crippen molar-refractivity contribution in [2.45, 2.75) is 31.7 Å². The number of nitrogens with zero attached hydrogens (tertiary/aromatic N) is 3. The highest BCUT2D eigenvalue weighted by Crippen LogP contribution is 2.39. The summed E-state index contributed by atoms with van der Waals surface area (Å²) in [7, 11) is 2.07. The summed E-state index contributed by atoms with van der Waals surface area (Å²) >= 11 is 0. The van der Waals surface area contributed by atoms with Gasteiger partial charge in [-0.15, -0.1) is 0 Å². The van der Waals surface area contributed by atoms with Crippen molar-refractivity contribution < 1.29 is 4.79 Å². The van der Waals surface area contributed by atoms with Crippen LogP contribution < -0.4 is 4.90 Å². The van der Waals surface area contributed by atoms with Crippen molar-refractivity contribution in [2.75, 3.05) is 24.5 Å². The van der Waals surface area contributed by atoms with Gasteiger partial charge in [-0.25, -0.2) is 0 Å². The molecule has 3 heterocycles. The molecule has 1 atom stereocenters. The van der Waals surface area contributed by atoms with Gasteiger partial charge in [-0.3, -0.25) is 4.79 Å². The van der Waals surface area contributed by atoms with Crippen LogP contribution in [0.1, 0.15) is 36.3 Å². The summed E-state index contributed by atoms with van der Waals surface area (Å²) < 4.78 is 2.10. The molecular weight excluding hydrogens is 298 g/mol. The van der Waals surface area contributed by atoms with Crippen molar-refractivity contribution in [1.29, 1.82) is 0 Å². The van der Waals surface area contributed by atoms with Crippen LogP contribution in [0.3, 0.4) is 0 Å². The quantitative estimate of drug-likeness (QED) is 0.846. The smallest absolute Gasteiger partial charge is 0.222 e. The SMILES string of the molecule is Cn1ccc(CN2C[C@@H](CCN3CCCC3=O)c3ccccc32)c1. The van der Waals surface area contributed by atoms with Crippen LogP contribution >= 0.6 is 0 Å². The van der Waals surface area contributed by atoms with Gasteiger partial charge in [0.15, 0.2) is 0 Å². The van der Waals surface area contributed by atoms with Crippen LogP contribution in [0.25, 0.3) is 0 Å². The molecule has 4 nitrogen and oxygen atoms in total. The third-order valence-electron chi connectivity index (χ3n) is 5.34. The fourth-order valence-electron chi connectivity index (χ4n) is 4.11. The largest absolute Gasteiger partial charge is 0.366 e. The molecule has 0 saturated carbocycles. The molecule has 1 aromatic heterocycles. The minimum atomic E-state index is 0.336. The van der Waals surface area contributed by atoms with E-state index in [-0.39, 0.29) is 0 Å².